The van der Waals surface area contributed by atoms with E-state index in [4.69, 9.17) is 0 Å². The molecule has 0 fully saturated rings. The zero-order valence-electron chi connectivity index (χ0n) is 12.7. The van der Waals surface area contributed by atoms with Gasteiger partial charge in [0.15, 0.2) is 0 Å². The highest BCUT2D eigenvalue weighted by atomic mass is 32.1. The van der Waals surface area contributed by atoms with Crippen LogP contribution in [0.5, 0.6) is 0 Å². The minimum atomic E-state index is -0.0890. The third kappa shape index (κ3) is 4.04. The molecule has 4 nitrogen and oxygen atoms in total. The number of carbonyl (C=O) groups is 1. The number of aryl methyl sites for hydroxylation is 2. The first kappa shape index (κ1) is 15.5. The molecule has 0 spiro atoms. The van der Waals surface area contributed by atoms with Crippen LogP contribution < -0.4 is 10.6 Å². The summed E-state index contributed by atoms with van der Waals surface area (Å²) < 4.78 is 0. The Morgan fingerprint density at radius 2 is 2.19 bits per heavy atom. The third-order valence-electron chi connectivity index (χ3n) is 3.23. The molecule has 0 aromatic carbocycles. The molecule has 2 aromatic heterocycles. The molecule has 0 unspecified atom stereocenters. The fraction of sp³-hybridized carbons (Fsp3) is 0.375. The Bertz CT molecular complexity index is 622. The number of hydrogen-bond acceptors (Lipinski definition) is 4. The molecule has 0 aliphatic heterocycles. The summed E-state index contributed by atoms with van der Waals surface area (Å²) in [5, 5.41) is 8.30. The second kappa shape index (κ2) is 7.22. The van der Waals surface area contributed by atoms with Crippen LogP contribution in [0.15, 0.2) is 23.7 Å². The number of rotatable bonds is 6. The van der Waals surface area contributed by atoms with Crippen LogP contribution in [0.2, 0.25) is 0 Å². The van der Waals surface area contributed by atoms with E-state index in [1.807, 2.05) is 18.4 Å². The van der Waals surface area contributed by atoms with E-state index >= 15 is 0 Å². The number of nitrogens with one attached hydrogen (secondary N) is 2. The van der Waals surface area contributed by atoms with E-state index in [-0.39, 0.29) is 5.91 Å². The summed E-state index contributed by atoms with van der Waals surface area (Å²) in [5.41, 5.74) is 3.57. The van der Waals surface area contributed by atoms with Gasteiger partial charge in [-0.3, -0.25) is 9.78 Å². The van der Waals surface area contributed by atoms with Crippen molar-refractivity contribution in [3.05, 3.63) is 45.4 Å². The smallest absolute Gasteiger partial charge is 0.255 e. The number of hydrogen-bond donors (Lipinski definition) is 2. The van der Waals surface area contributed by atoms with E-state index in [0.717, 1.165) is 24.3 Å². The molecule has 0 bridgehead atoms. The number of carbonyl (C=O) groups excluding carboxylic acids is 1. The molecule has 0 radical (unpaired) electrons. The number of aromatic nitrogens is 1. The summed E-state index contributed by atoms with van der Waals surface area (Å²) in [5.74, 6) is -0.0890. The standard InChI is InChI=1S/C16H21N3OS/c1-4-6-17-14-8-12(3)18-9-13(14)16(20)19-10-15-11(2)5-7-21-15/h5,7-9H,4,6,10H2,1-3H3,(H,17,18)(H,19,20). The van der Waals surface area contributed by atoms with E-state index in [9.17, 15) is 4.79 Å². The minimum Gasteiger partial charge on any atom is -0.384 e. The Labute approximate surface area is 129 Å². The second-order valence-corrected chi connectivity index (χ2v) is 6.01. The van der Waals surface area contributed by atoms with Gasteiger partial charge in [0.25, 0.3) is 5.91 Å². The van der Waals surface area contributed by atoms with Gasteiger partial charge in [-0.1, -0.05) is 6.92 Å². The molecular weight excluding hydrogens is 282 g/mol. The number of amides is 1. The van der Waals surface area contributed by atoms with Crippen molar-refractivity contribution in [1.29, 1.82) is 0 Å². The van der Waals surface area contributed by atoms with Gasteiger partial charge < -0.3 is 10.6 Å². The van der Waals surface area contributed by atoms with E-state index < -0.39 is 0 Å². The van der Waals surface area contributed by atoms with Crippen molar-refractivity contribution in [1.82, 2.24) is 10.3 Å². The van der Waals surface area contributed by atoms with Crippen LogP contribution in [-0.4, -0.2) is 17.4 Å². The predicted octanol–water partition coefficient (Wildman–Crippen LogP) is 3.51. The van der Waals surface area contributed by atoms with Gasteiger partial charge in [-0.15, -0.1) is 11.3 Å². The Balaban J connectivity index is 2.09. The number of thiophene rings is 1. The van der Waals surface area contributed by atoms with Crippen LogP contribution in [0.1, 0.15) is 39.8 Å². The van der Waals surface area contributed by atoms with Gasteiger partial charge in [-0.05, 0) is 43.3 Å². The lowest BCUT2D eigenvalue weighted by Crippen LogP contribution is -2.24. The van der Waals surface area contributed by atoms with Crippen molar-refractivity contribution in [3.63, 3.8) is 0 Å². The Morgan fingerprint density at radius 3 is 2.86 bits per heavy atom. The lowest BCUT2D eigenvalue weighted by Gasteiger charge is -2.12. The molecular formula is C16H21N3OS. The van der Waals surface area contributed by atoms with E-state index in [1.54, 1.807) is 17.5 Å². The maximum Gasteiger partial charge on any atom is 0.255 e. The predicted molar refractivity (Wildman–Crippen MR) is 88.0 cm³/mol. The summed E-state index contributed by atoms with van der Waals surface area (Å²) in [6.07, 6.45) is 2.65. The molecule has 112 valence electrons. The summed E-state index contributed by atoms with van der Waals surface area (Å²) in [7, 11) is 0. The number of nitrogens with zero attached hydrogens (tertiary/aromatic N) is 1. The van der Waals surface area contributed by atoms with Crippen LogP contribution >= 0.6 is 11.3 Å². The maximum atomic E-state index is 12.4. The molecule has 0 aliphatic rings. The summed E-state index contributed by atoms with van der Waals surface area (Å²) in [4.78, 5) is 17.8. The van der Waals surface area contributed by atoms with Gasteiger partial charge in [0.1, 0.15) is 0 Å². The Hall–Kier alpha value is -1.88. The van der Waals surface area contributed by atoms with Crippen LogP contribution in [0.3, 0.4) is 0 Å². The fourth-order valence-electron chi connectivity index (χ4n) is 1.99. The largest absolute Gasteiger partial charge is 0.384 e. The topological polar surface area (TPSA) is 54.0 Å². The normalized spacial score (nSPS) is 10.4. The van der Waals surface area contributed by atoms with Gasteiger partial charge in [-0.25, -0.2) is 0 Å². The molecule has 0 saturated heterocycles. The molecule has 21 heavy (non-hydrogen) atoms. The summed E-state index contributed by atoms with van der Waals surface area (Å²) in [6.45, 7) is 7.48. The van der Waals surface area contributed by atoms with Crippen LogP contribution in [-0.2, 0) is 6.54 Å². The fourth-order valence-corrected chi connectivity index (χ4v) is 2.83. The highest BCUT2D eigenvalue weighted by Crippen LogP contribution is 2.18. The molecule has 0 saturated carbocycles. The lowest BCUT2D eigenvalue weighted by atomic mass is 10.2. The second-order valence-electron chi connectivity index (χ2n) is 5.01. The first-order chi connectivity index (χ1) is 10.1. The molecule has 5 heteroatoms. The van der Waals surface area contributed by atoms with Crippen molar-refractivity contribution < 1.29 is 4.79 Å². The SMILES string of the molecule is CCCNc1cc(C)ncc1C(=O)NCc1sccc1C. The van der Waals surface area contributed by atoms with Crippen molar-refractivity contribution in [3.8, 4) is 0 Å². The van der Waals surface area contributed by atoms with Crippen LogP contribution in [0, 0.1) is 13.8 Å². The van der Waals surface area contributed by atoms with Crippen molar-refractivity contribution >= 4 is 22.9 Å². The van der Waals surface area contributed by atoms with Gasteiger partial charge in [-0.2, -0.15) is 0 Å². The third-order valence-corrected chi connectivity index (χ3v) is 4.25. The van der Waals surface area contributed by atoms with E-state index in [1.165, 1.54) is 10.4 Å². The van der Waals surface area contributed by atoms with Crippen LogP contribution in [0.4, 0.5) is 5.69 Å². The van der Waals surface area contributed by atoms with Gasteiger partial charge in [0.2, 0.25) is 0 Å². The monoisotopic (exact) mass is 303 g/mol. The summed E-state index contributed by atoms with van der Waals surface area (Å²) in [6, 6.07) is 3.98. The highest BCUT2D eigenvalue weighted by molar-refractivity contribution is 7.10. The molecule has 2 aromatic rings. The zero-order valence-corrected chi connectivity index (χ0v) is 13.5. The molecule has 2 N–H and O–H groups in total. The van der Waals surface area contributed by atoms with Crippen molar-refractivity contribution in [2.24, 2.45) is 0 Å². The van der Waals surface area contributed by atoms with Crippen molar-refractivity contribution in [2.75, 3.05) is 11.9 Å². The van der Waals surface area contributed by atoms with Crippen LogP contribution in [0.25, 0.3) is 0 Å². The van der Waals surface area contributed by atoms with E-state index in [0.29, 0.717) is 12.1 Å². The first-order valence-corrected chi connectivity index (χ1v) is 8.01. The Kier molecular flexibility index (Phi) is 5.33. The van der Waals surface area contributed by atoms with Gasteiger partial charge >= 0.3 is 0 Å². The molecule has 1 amide bonds. The lowest BCUT2D eigenvalue weighted by molar-refractivity contribution is 0.0951. The average Bonchev–Trinajstić information content (AvgIpc) is 2.88. The summed E-state index contributed by atoms with van der Waals surface area (Å²) >= 11 is 1.66. The molecule has 0 aliphatic carbocycles. The Morgan fingerprint density at radius 1 is 1.38 bits per heavy atom. The van der Waals surface area contributed by atoms with Gasteiger partial charge in [0, 0.05) is 23.3 Å². The van der Waals surface area contributed by atoms with Gasteiger partial charge in [0.05, 0.1) is 17.8 Å². The zero-order chi connectivity index (χ0) is 15.2. The highest BCUT2D eigenvalue weighted by Gasteiger charge is 2.12. The molecule has 0 atom stereocenters. The van der Waals surface area contributed by atoms with Crippen molar-refractivity contribution in [2.45, 2.75) is 33.7 Å². The quantitative estimate of drug-likeness (QED) is 0.858. The molecule has 2 heterocycles. The number of pyridine rings is 1. The average molecular weight is 303 g/mol. The maximum absolute atomic E-state index is 12.4. The molecule has 2 rings (SSSR count). The number of anilines is 1. The first-order valence-electron chi connectivity index (χ1n) is 7.13. The minimum absolute atomic E-state index is 0.0890. The van der Waals surface area contributed by atoms with E-state index in [2.05, 4.69) is 35.5 Å².